The van der Waals surface area contributed by atoms with Gasteiger partial charge in [0.2, 0.25) is 5.91 Å². The number of thioether (sulfide) groups is 1. The predicted octanol–water partition coefficient (Wildman–Crippen LogP) is 3.22. The van der Waals surface area contributed by atoms with Crippen molar-refractivity contribution in [2.45, 2.75) is 19.7 Å². The fraction of sp³-hybridized carbons (Fsp3) is 0.429. The van der Waals surface area contributed by atoms with Crippen LogP contribution in [0.2, 0.25) is 0 Å². The Labute approximate surface area is 129 Å². The number of hydrogen-bond donors (Lipinski definition) is 0. The lowest BCUT2D eigenvalue weighted by Crippen LogP contribution is -2.24. The van der Waals surface area contributed by atoms with Crippen LogP contribution in [0.15, 0.2) is 24.3 Å². The summed E-state index contributed by atoms with van der Waals surface area (Å²) in [7, 11) is 0. The van der Waals surface area contributed by atoms with Crippen molar-refractivity contribution >= 4 is 28.5 Å². The number of anilines is 1. The largest absolute Gasteiger partial charge is 0.573 e. The number of amides is 1. The van der Waals surface area contributed by atoms with E-state index in [9.17, 15) is 22.8 Å². The van der Waals surface area contributed by atoms with E-state index in [0.717, 1.165) is 0 Å². The molecule has 4 nitrogen and oxygen atoms in total. The van der Waals surface area contributed by atoms with E-state index in [0.29, 0.717) is 24.4 Å². The van der Waals surface area contributed by atoms with Gasteiger partial charge >= 0.3 is 6.36 Å². The molecule has 1 amide bonds. The summed E-state index contributed by atoms with van der Waals surface area (Å²) >= 11 is 1.17. The average Bonchev–Trinajstić information content (AvgIpc) is 2.77. The van der Waals surface area contributed by atoms with Crippen molar-refractivity contribution in [1.29, 1.82) is 0 Å². The van der Waals surface area contributed by atoms with Gasteiger partial charge in [0.05, 0.1) is 0 Å². The van der Waals surface area contributed by atoms with E-state index in [4.69, 9.17) is 0 Å². The van der Waals surface area contributed by atoms with Gasteiger partial charge < -0.3 is 9.64 Å². The topological polar surface area (TPSA) is 46.6 Å². The van der Waals surface area contributed by atoms with Gasteiger partial charge in [-0.2, -0.15) is 0 Å². The van der Waals surface area contributed by atoms with E-state index >= 15 is 0 Å². The number of alkyl halides is 3. The molecule has 1 aliphatic rings. The van der Waals surface area contributed by atoms with Crippen LogP contribution in [-0.4, -0.2) is 29.7 Å². The molecule has 1 aromatic carbocycles. The van der Waals surface area contributed by atoms with Gasteiger partial charge in [-0.3, -0.25) is 9.59 Å². The lowest BCUT2D eigenvalue weighted by atomic mass is 10.1. The van der Waals surface area contributed by atoms with Crippen LogP contribution in [-0.2, 0) is 9.59 Å². The highest BCUT2D eigenvalue weighted by atomic mass is 32.2. The maximum Gasteiger partial charge on any atom is 0.573 e. The number of rotatable bonds is 4. The molecular formula is C14H14F3NO3S. The van der Waals surface area contributed by atoms with Gasteiger partial charge in [0.25, 0.3) is 0 Å². The smallest absolute Gasteiger partial charge is 0.406 e. The number of halogens is 3. The van der Waals surface area contributed by atoms with Gasteiger partial charge in [0.1, 0.15) is 5.75 Å². The molecule has 1 unspecified atom stereocenters. The fourth-order valence-corrected chi connectivity index (χ4v) is 2.90. The van der Waals surface area contributed by atoms with E-state index in [-0.39, 0.29) is 22.7 Å². The van der Waals surface area contributed by atoms with Crippen LogP contribution < -0.4 is 9.64 Å². The Kier molecular flexibility index (Phi) is 5.00. The second-order valence-corrected chi connectivity index (χ2v) is 6.12. The van der Waals surface area contributed by atoms with Gasteiger partial charge in [-0.15, -0.1) is 13.2 Å². The summed E-state index contributed by atoms with van der Waals surface area (Å²) in [4.78, 5) is 24.4. The van der Waals surface area contributed by atoms with Crippen molar-refractivity contribution in [2.75, 3.05) is 17.2 Å². The van der Waals surface area contributed by atoms with Crippen molar-refractivity contribution in [1.82, 2.24) is 0 Å². The molecule has 0 N–H and O–H groups in total. The summed E-state index contributed by atoms with van der Waals surface area (Å²) in [5.41, 5.74) is 0.523. The summed E-state index contributed by atoms with van der Waals surface area (Å²) in [6.45, 7) is 1.93. The second kappa shape index (κ2) is 6.60. The van der Waals surface area contributed by atoms with E-state index in [2.05, 4.69) is 4.74 Å². The number of ether oxygens (including phenoxy) is 1. The van der Waals surface area contributed by atoms with Crippen molar-refractivity contribution in [3.63, 3.8) is 0 Å². The molecule has 22 heavy (non-hydrogen) atoms. The third-order valence-corrected chi connectivity index (χ3v) is 4.15. The minimum absolute atomic E-state index is 0.000415. The van der Waals surface area contributed by atoms with Crippen LogP contribution in [0.1, 0.15) is 13.3 Å². The molecule has 2 rings (SSSR count). The SMILES string of the molecule is CC(=O)SCC1CC(=O)N(c2ccc(OC(F)(F)F)cc2)C1. The number of hydrogen-bond acceptors (Lipinski definition) is 4. The molecule has 0 saturated carbocycles. The maximum absolute atomic E-state index is 12.1. The van der Waals surface area contributed by atoms with Gasteiger partial charge in [-0.05, 0) is 30.2 Å². The first-order chi connectivity index (χ1) is 10.2. The van der Waals surface area contributed by atoms with Crippen LogP contribution in [0, 0.1) is 5.92 Å². The van der Waals surface area contributed by atoms with E-state index < -0.39 is 6.36 Å². The van der Waals surface area contributed by atoms with Gasteiger partial charge in [0.15, 0.2) is 5.12 Å². The second-order valence-electron chi connectivity index (χ2n) is 4.92. The van der Waals surface area contributed by atoms with E-state index in [1.807, 2.05) is 0 Å². The number of benzene rings is 1. The number of carbonyl (C=O) groups is 2. The molecule has 1 aliphatic heterocycles. The summed E-state index contributed by atoms with van der Waals surface area (Å²) in [6, 6.07) is 5.18. The van der Waals surface area contributed by atoms with Gasteiger partial charge in [-0.25, -0.2) is 0 Å². The third-order valence-electron chi connectivity index (χ3n) is 3.11. The van der Waals surface area contributed by atoms with E-state index in [1.165, 1.54) is 47.9 Å². The Hall–Kier alpha value is -1.70. The zero-order valence-electron chi connectivity index (χ0n) is 11.7. The van der Waals surface area contributed by atoms with Gasteiger partial charge in [0, 0.05) is 31.3 Å². The van der Waals surface area contributed by atoms with Crippen molar-refractivity contribution in [2.24, 2.45) is 5.92 Å². The minimum atomic E-state index is -4.74. The van der Waals surface area contributed by atoms with E-state index in [1.54, 1.807) is 0 Å². The number of carbonyl (C=O) groups excluding carboxylic acids is 2. The van der Waals surface area contributed by atoms with Crippen molar-refractivity contribution in [3.8, 4) is 5.75 Å². The summed E-state index contributed by atoms with van der Waals surface area (Å²) < 4.78 is 40.1. The summed E-state index contributed by atoms with van der Waals surface area (Å²) in [6.07, 6.45) is -4.40. The molecule has 0 aromatic heterocycles. The normalized spacial score (nSPS) is 18.6. The molecule has 0 spiro atoms. The first kappa shape index (κ1) is 16.7. The van der Waals surface area contributed by atoms with Crippen LogP contribution in [0.4, 0.5) is 18.9 Å². The highest BCUT2D eigenvalue weighted by Crippen LogP contribution is 2.30. The van der Waals surface area contributed by atoms with Crippen LogP contribution in [0.25, 0.3) is 0 Å². The van der Waals surface area contributed by atoms with Crippen LogP contribution >= 0.6 is 11.8 Å². The highest BCUT2D eigenvalue weighted by molar-refractivity contribution is 8.13. The fourth-order valence-electron chi connectivity index (χ4n) is 2.21. The Morgan fingerprint density at radius 1 is 1.36 bits per heavy atom. The lowest BCUT2D eigenvalue weighted by molar-refractivity contribution is -0.274. The monoisotopic (exact) mass is 333 g/mol. The standard InChI is InChI=1S/C14H14F3NO3S/c1-9(19)22-8-10-6-13(20)18(7-10)11-2-4-12(5-3-11)21-14(15,16)17/h2-5,10H,6-8H2,1H3. The molecule has 0 bridgehead atoms. The first-order valence-electron chi connectivity index (χ1n) is 6.54. The average molecular weight is 333 g/mol. The minimum Gasteiger partial charge on any atom is -0.406 e. The molecule has 1 saturated heterocycles. The molecule has 1 heterocycles. The quantitative estimate of drug-likeness (QED) is 0.849. The number of nitrogens with zero attached hydrogens (tertiary/aromatic N) is 1. The molecule has 8 heteroatoms. The first-order valence-corrected chi connectivity index (χ1v) is 7.52. The molecule has 1 aromatic rings. The molecule has 0 aliphatic carbocycles. The van der Waals surface area contributed by atoms with Crippen molar-refractivity contribution in [3.05, 3.63) is 24.3 Å². The summed E-state index contributed by atoms with van der Waals surface area (Å²) in [5.74, 6) is 0.199. The van der Waals surface area contributed by atoms with Gasteiger partial charge in [-0.1, -0.05) is 11.8 Å². The maximum atomic E-state index is 12.1. The molecule has 1 atom stereocenters. The Balaban J connectivity index is 1.99. The zero-order valence-corrected chi connectivity index (χ0v) is 12.5. The lowest BCUT2D eigenvalue weighted by Gasteiger charge is -2.17. The van der Waals surface area contributed by atoms with Crippen LogP contribution in [0.3, 0.4) is 0 Å². The third kappa shape index (κ3) is 4.66. The predicted molar refractivity (Wildman–Crippen MR) is 76.7 cm³/mol. The Bertz CT molecular complexity index is 559. The molecule has 0 radical (unpaired) electrons. The molecule has 1 fully saturated rings. The Morgan fingerprint density at radius 3 is 2.55 bits per heavy atom. The summed E-state index contributed by atoms with van der Waals surface area (Å²) in [5, 5.41) is -0.000415. The zero-order chi connectivity index (χ0) is 16.3. The Morgan fingerprint density at radius 2 is 2.00 bits per heavy atom. The highest BCUT2D eigenvalue weighted by Gasteiger charge is 2.32. The van der Waals surface area contributed by atoms with Crippen molar-refractivity contribution < 1.29 is 27.5 Å². The molecular weight excluding hydrogens is 319 g/mol. The van der Waals surface area contributed by atoms with Crippen LogP contribution in [0.5, 0.6) is 5.75 Å². The molecule has 120 valence electrons.